The van der Waals surface area contributed by atoms with Crippen LogP contribution in [0.5, 0.6) is 0 Å². The zero-order valence-electron chi connectivity index (χ0n) is 23.8. The van der Waals surface area contributed by atoms with Crippen molar-refractivity contribution in [3.05, 3.63) is 35.5 Å². The summed E-state index contributed by atoms with van der Waals surface area (Å²) < 4.78 is 5.66. The number of carbonyl (C=O) groups is 2. The number of nitrogens with one attached hydrogen (secondary N) is 2. The summed E-state index contributed by atoms with van der Waals surface area (Å²) in [6, 6.07) is 7.44. The minimum absolute atomic E-state index is 0.122. The van der Waals surface area contributed by atoms with Crippen LogP contribution in [0.3, 0.4) is 0 Å². The normalized spacial score (nSPS) is 17.7. The zero-order valence-corrected chi connectivity index (χ0v) is 23.8. The van der Waals surface area contributed by atoms with Gasteiger partial charge in [0, 0.05) is 42.9 Å². The summed E-state index contributed by atoms with van der Waals surface area (Å²) in [7, 11) is 0. The summed E-state index contributed by atoms with van der Waals surface area (Å²) in [4.78, 5) is 38.9. The SMILES string of the molecule is CC(C)CCCNC(=O)Nc1ccc(-c2nc3c(c(N4CCOCC4C)n2)CN(C(=O)C(C)(C)O)CC3)cc1. The lowest BCUT2D eigenvalue weighted by atomic mass is 10.0. The fourth-order valence-corrected chi connectivity index (χ4v) is 4.96. The topological polar surface area (TPSA) is 120 Å². The fraction of sp³-hybridized carbons (Fsp3) is 0.586. The summed E-state index contributed by atoms with van der Waals surface area (Å²) in [5.74, 6) is 1.73. The van der Waals surface area contributed by atoms with E-state index in [0.717, 1.165) is 35.5 Å². The van der Waals surface area contributed by atoms with Gasteiger partial charge in [0.1, 0.15) is 11.4 Å². The monoisotopic (exact) mass is 538 g/mol. The largest absolute Gasteiger partial charge is 0.381 e. The molecule has 3 amide bonds. The van der Waals surface area contributed by atoms with Crippen LogP contribution in [0.1, 0.15) is 58.7 Å². The van der Waals surface area contributed by atoms with Gasteiger partial charge >= 0.3 is 6.03 Å². The molecule has 1 aromatic carbocycles. The molecule has 1 aromatic heterocycles. The Morgan fingerprint density at radius 3 is 2.59 bits per heavy atom. The Balaban J connectivity index is 1.55. The van der Waals surface area contributed by atoms with E-state index in [9.17, 15) is 14.7 Å². The molecule has 1 saturated heterocycles. The average molecular weight is 539 g/mol. The third-order valence-corrected chi connectivity index (χ3v) is 7.13. The maximum Gasteiger partial charge on any atom is 0.319 e. The van der Waals surface area contributed by atoms with Gasteiger partial charge in [0.05, 0.1) is 31.5 Å². The van der Waals surface area contributed by atoms with Crippen LogP contribution in [-0.2, 0) is 22.5 Å². The van der Waals surface area contributed by atoms with Crippen molar-refractivity contribution in [2.24, 2.45) is 5.92 Å². The van der Waals surface area contributed by atoms with E-state index in [1.807, 2.05) is 24.3 Å². The number of hydrogen-bond acceptors (Lipinski definition) is 7. The fourth-order valence-electron chi connectivity index (χ4n) is 4.96. The van der Waals surface area contributed by atoms with Crippen LogP contribution in [0.2, 0.25) is 0 Å². The third-order valence-electron chi connectivity index (χ3n) is 7.13. The van der Waals surface area contributed by atoms with Gasteiger partial charge in [-0.1, -0.05) is 13.8 Å². The maximum atomic E-state index is 12.8. The molecular weight excluding hydrogens is 496 g/mol. The van der Waals surface area contributed by atoms with Crippen molar-refractivity contribution < 1.29 is 19.4 Å². The van der Waals surface area contributed by atoms with Crippen molar-refractivity contribution >= 4 is 23.4 Å². The van der Waals surface area contributed by atoms with Crippen molar-refractivity contribution in [3.63, 3.8) is 0 Å². The first-order valence-electron chi connectivity index (χ1n) is 13.9. The van der Waals surface area contributed by atoms with E-state index in [2.05, 4.69) is 36.3 Å². The van der Waals surface area contributed by atoms with E-state index >= 15 is 0 Å². The standard InChI is InChI=1S/C29H42N6O4/c1-19(2)7-6-13-30-28(37)31-22-10-8-21(9-11-22)25-32-24-12-14-34(27(36)29(4,5)38)17-23(24)26(33-25)35-15-16-39-18-20(35)3/h8-11,19-20,38H,6-7,12-18H2,1-5H3,(H2,30,31,37). The number of ether oxygens (including phenoxy) is 1. The lowest BCUT2D eigenvalue weighted by Gasteiger charge is -2.39. The molecule has 10 heteroatoms. The predicted molar refractivity (Wildman–Crippen MR) is 152 cm³/mol. The summed E-state index contributed by atoms with van der Waals surface area (Å²) in [6.07, 6.45) is 2.61. The van der Waals surface area contributed by atoms with Crippen molar-refractivity contribution in [1.82, 2.24) is 20.2 Å². The molecule has 0 spiro atoms. The van der Waals surface area contributed by atoms with Crippen LogP contribution in [0.25, 0.3) is 11.4 Å². The molecular formula is C29H42N6O4. The second kappa shape index (κ2) is 12.3. The van der Waals surface area contributed by atoms with Gasteiger partial charge in [-0.2, -0.15) is 0 Å². The molecule has 1 atom stereocenters. The van der Waals surface area contributed by atoms with E-state index in [0.29, 0.717) is 63.2 Å². The second-order valence-corrected chi connectivity index (χ2v) is 11.4. The predicted octanol–water partition coefficient (Wildman–Crippen LogP) is 3.58. The molecule has 39 heavy (non-hydrogen) atoms. The number of aliphatic hydroxyl groups is 1. The second-order valence-electron chi connectivity index (χ2n) is 11.4. The van der Waals surface area contributed by atoms with Crippen LogP contribution >= 0.6 is 0 Å². The number of rotatable bonds is 8. The molecule has 0 radical (unpaired) electrons. The third kappa shape index (κ3) is 7.24. The molecule has 2 aliphatic rings. The molecule has 212 valence electrons. The molecule has 2 aromatic rings. The first-order valence-corrected chi connectivity index (χ1v) is 13.9. The smallest absolute Gasteiger partial charge is 0.319 e. The van der Waals surface area contributed by atoms with Crippen LogP contribution in [-0.4, -0.2) is 76.4 Å². The number of benzene rings is 1. The van der Waals surface area contributed by atoms with Crippen molar-refractivity contribution in [2.45, 2.75) is 72.1 Å². The molecule has 0 saturated carbocycles. The van der Waals surface area contributed by atoms with Crippen LogP contribution in [0.4, 0.5) is 16.3 Å². The molecule has 1 fully saturated rings. The minimum atomic E-state index is -1.44. The van der Waals surface area contributed by atoms with Gasteiger partial charge in [-0.05, 0) is 63.8 Å². The highest BCUT2D eigenvalue weighted by Gasteiger charge is 2.35. The number of urea groups is 1. The van der Waals surface area contributed by atoms with Gasteiger partial charge in [-0.25, -0.2) is 14.8 Å². The Hall–Kier alpha value is -3.24. The quantitative estimate of drug-likeness (QED) is 0.440. The van der Waals surface area contributed by atoms with E-state index in [1.54, 1.807) is 4.90 Å². The molecule has 0 aliphatic carbocycles. The van der Waals surface area contributed by atoms with E-state index in [-0.39, 0.29) is 18.0 Å². The van der Waals surface area contributed by atoms with Crippen LogP contribution in [0.15, 0.2) is 24.3 Å². The Morgan fingerprint density at radius 2 is 1.92 bits per heavy atom. The van der Waals surface area contributed by atoms with E-state index < -0.39 is 5.60 Å². The molecule has 0 bridgehead atoms. The number of carbonyl (C=O) groups excluding carboxylic acids is 2. The molecule has 3 N–H and O–H groups in total. The Bertz CT molecular complexity index is 1160. The summed E-state index contributed by atoms with van der Waals surface area (Å²) in [5, 5.41) is 16.1. The Morgan fingerprint density at radius 1 is 1.18 bits per heavy atom. The van der Waals surface area contributed by atoms with Gasteiger partial charge in [0.25, 0.3) is 5.91 Å². The maximum absolute atomic E-state index is 12.8. The number of aromatic nitrogens is 2. The Labute approximate surface area is 231 Å². The van der Waals surface area contributed by atoms with E-state index in [4.69, 9.17) is 14.7 Å². The average Bonchev–Trinajstić information content (AvgIpc) is 2.90. The number of fused-ring (bicyclic) bond motifs is 1. The zero-order chi connectivity index (χ0) is 28.2. The summed E-state index contributed by atoms with van der Waals surface area (Å²) in [6.45, 7) is 12.9. The molecule has 2 aliphatic heterocycles. The highest BCUT2D eigenvalue weighted by atomic mass is 16.5. The molecule has 3 heterocycles. The van der Waals surface area contributed by atoms with Gasteiger partial charge in [0.15, 0.2) is 5.82 Å². The lowest BCUT2D eigenvalue weighted by molar-refractivity contribution is -0.148. The van der Waals surface area contributed by atoms with Crippen molar-refractivity contribution in [2.75, 3.05) is 43.1 Å². The van der Waals surface area contributed by atoms with E-state index in [1.165, 1.54) is 13.8 Å². The molecule has 1 unspecified atom stereocenters. The number of amides is 3. The summed E-state index contributed by atoms with van der Waals surface area (Å²) in [5.41, 5.74) is 1.94. The summed E-state index contributed by atoms with van der Waals surface area (Å²) >= 11 is 0. The first kappa shape index (κ1) is 28.8. The number of morpholine rings is 1. The van der Waals surface area contributed by atoms with Crippen LogP contribution in [0, 0.1) is 5.92 Å². The molecule has 4 rings (SSSR count). The van der Waals surface area contributed by atoms with Crippen molar-refractivity contribution in [1.29, 1.82) is 0 Å². The minimum Gasteiger partial charge on any atom is -0.381 e. The highest BCUT2D eigenvalue weighted by Crippen LogP contribution is 2.32. The highest BCUT2D eigenvalue weighted by molar-refractivity contribution is 5.89. The number of hydrogen-bond donors (Lipinski definition) is 3. The lowest BCUT2D eigenvalue weighted by Crippen LogP contribution is -2.49. The van der Waals surface area contributed by atoms with Crippen molar-refractivity contribution in [3.8, 4) is 11.4 Å². The van der Waals surface area contributed by atoms with Gasteiger partial charge < -0.3 is 30.3 Å². The first-order chi connectivity index (χ1) is 18.5. The van der Waals surface area contributed by atoms with Gasteiger partial charge in [0.2, 0.25) is 0 Å². The van der Waals surface area contributed by atoms with Gasteiger partial charge in [-0.3, -0.25) is 4.79 Å². The Kier molecular flexibility index (Phi) is 9.07. The van der Waals surface area contributed by atoms with Crippen LogP contribution < -0.4 is 15.5 Å². The number of anilines is 2. The molecule has 10 nitrogen and oxygen atoms in total. The van der Waals surface area contributed by atoms with Gasteiger partial charge in [-0.15, -0.1) is 0 Å². The number of nitrogens with zero attached hydrogens (tertiary/aromatic N) is 4.